The first-order valence-corrected chi connectivity index (χ1v) is 9.74. The molecular weight excluding hydrogens is 368 g/mol. The second-order valence-corrected chi connectivity index (χ2v) is 6.72. The van der Waals surface area contributed by atoms with Crippen LogP contribution in [0.2, 0.25) is 0 Å². The molecular formula is C22H30N4O3. The zero-order valence-corrected chi connectivity index (χ0v) is 17.6. The summed E-state index contributed by atoms with van der Waals surface area (Å²) in [6, 6.07) is 14.3. The van der Waals surface area contributed by atoms with Gasteiger partial charge < -0.3 is 29.3 Å². The highest BCUT2D eigenvalue weighted by Gasteiger charge is 2.21. The molecule has 2 aromatic carbocycles. The highest BCUT2D eigenvalue weighted by Crippen LogP contribution is 2.33. The van der Waals surface area contributed by atoms with Crippen molar-refractivity contribution in [2.45, 2.75) is 6.54 Å². The Balaban J connectivity index is 1.65. The number of hydrogen-bond donors (Lipinski definition) is 1. The fraction of sp³-hybridized carbons (Fsp3) is 0.409. The summed E-state index contributed by atoms with van der Waals surface area (Å²) in [4.78, 5) is 9.16. The Morgan fingerprint density at radius 3 is 2.07 bits per heavy atom. The zero-order chi connectivity index (χ0) is 20.6. The third-order valence-corrected chi connectivity index (χ3v) is 5.15. The van der Waals surface area contributed by atoms with E-state index in [0.29, 0.717) is 12.3 Å². The number of rotatable bonds is 6. The number of anilines is 1. The molecule has 0 saturated carbocycles. The number of benzene rings is 2. The Bertz CT molecular complexity index is 793. The molecule has 0 amide bonds. The Morgan fingerprint density at radius 1 is 0.931 bits per heavy atom. The molecule has 0 aromatic heterocycles. The predicted molar refractivity (Wildman–Crippen MR) is 117 cm³/mol. The summed E-state index contributed by atoms with van der Waals surface area (Å²) in [5, 5.41) is 3.45. The van der Waals surface area contributed by atoms with Gasteiger partial charge in [-0.3, -0.25) is 4.99 Å². The standard InChI is InChI=1S/C22H30N4O3/c1-23-22(26-12-10-25(11-13-26)17-8-6-5-7-9-17)24-16-19-20(28-3)14-18(27-2)15-21(19)29-4/h5-9,14-15H,10-13,16H2,1-4H3,(H,23,24). The van der Waals surface area contributed by atoms with Gasteiger partial charge >= 0.3 is 0 Å². The topological polar surface area (TPSA) is 58.6 Å². The second kappa shape index (κ2) is 9.91. The molecule has 1 aliphatic rings. The van der Waals surface area contributed by atoms with E-state index in [9.17, 15) is 0 Å². The fourth-order valence-corrected chi connectivity index (χ4v) is 3.57. The molecule has 7 nitrogen and oxygen atoms in total. The van der Waals surface area contributed by atoms with Crippen LogP contribution in [0.25, 0.3) is 0 Å². The van der Waals surface area contributed by atoms with E-state index in [4.69, 9.17) is 14.2 Å². The Kier molecular flexibility index (Phi) is 7.05. The van der Waals surface area contributed by atoms with Gasteiger partial charge in [-0.1, -0.05) is 18.2 Å². The van der Waals surface area contributed by atoms with Gasteiger partial charge in [0.2, 0.25) is 0 Å². The number of para-hydroxylation sites is 1. The lowest BCUT2D eigenvalue weighted by Gasteiger charge is -2.37. The number of guanidine groups is 1. The minimum absolute atomic E-state index is 0.544. The number of hydrogen-bond acceptors (Lipinski definition) is 5. The van der Waals surface area contributed by atoms with Crippen LogP contribution in [0.5, 0.6) is 17.2 Å². The molecule has 0 bridgehead atoms. The molecule has 7 heteroatoms. The zero-order valence-electron chi connectivity index (χ0n) is 17.6. The minimum Gasteiger partial charge on any atom is -0.496 e. The van der Waals surface area contributed by atoms with E-state index in [-0.39, 0.29) is 0 Å². The monoisotopic (exact) mass is 398 g/mol. The van der Waals surface area contributed by atoms with Crippen LogP contribution in [-0.2, 0) is 6.54 Å². The van der Waals surface area contributed by atoms with Crippen molar-refractivity contribution in [2.75, 3.05) is 59.5 Å². The van der Waals surface area contributed by atoms with E-state index in [0.717, 1.165) is 49.2 Å². The third-order valence-electron chi connectivity index (χ3n) is 5.15. The Labute approximate surface area is 172 Å². The molecule has 0 radical (unpaired) electrons. The molecule has 3 rings (SSSR count). The maximum Gasteiger partial charge on any atom is 0.194 e. The van der Waals surface area contributed by atoms with Crippen molar-refractivity contribution in [1.29, 1.82) is 0 Å². The number of ether oxygens (including phenoxy) is 3. The first-order chi connectivity index (χ1) is 14.2. The summed E-state index contributed by atoms with van der Waals surface area (Å²) in [5.41, 5.74) is 2.20. The van der Waals surface area contributed by atoms with Crippen LogP contribution in [0, 0.1) is 0 Å². The van der Waals surface area contributed by atoms with Gasteiger partial charge in [0.1, 0.15) is 17.2 Å². The smallest absolute Gasteiger partial charge is 0.194 e. The summed E-state index contributed by atoms with van der Waals surface area (Å²) < 4.78 is 16.4. The van der Waals surface area contributed by atoms with Crippen molar-refractivity contribution in [3.8, 4) is 17.2 Å². The van der Waals surface area contributed by atoms with Crippen molar-refractivity contribution in [1.82, 2.24) is 10.2 Å². The lowest BCUT2D eigenvalue weighted by atomic mass is 10.1. The van der Waals surface area contributed by atoms with E-state index >= 15 is 0 Å². The number of piperazine rings is 1. The van der Waals surface area contributed by atoms with E-state index < -0.39 is 0 Å². The van der Waals surface area contributed by atoms with Gasteiger partial charge in [0.05, 0.1) is 33.4 Å². The summed E-state index contributed by atoms with van der Waals surface area (Å²) in [6.07, 6.45) is 0. The quantitative estimate of drug-likeness (QED) is 0.596. The second-order valence-electron chi connectivity index (χ2n) is 6.72. The summed E-state index contributed by atoms with van der Waals surface area (Å²) >= 11 is 0. The van der Waals surface area contributed by atoms with Crippen molar-refractivity contribution >= 4 is 11.6 Å². The fourth-order valence-electron chi connectivity index (χ4n) is 3.57. The first kappa shape index (κ1) is 20.6. The van der Waals surface area contributed by atoms with E-state index in [1.54, 1.807) is 21.3 Å². The normalized spacial score (nSPS) is 14.6. The van der Waals surface area contributed by atoms with Gasteiger partial charge in [0, 0.05) is 51.0 Å². The average molecular weight is 399 g/mol. The number of methoxy groups -OCH3 is 3. The molecule has 156 valence electrons. The van der Waals surface area contributed by atoms with Gasteiger partial charge in [0.25, 0.3) is 0 Å². The van der Waals surface area contributed by atoms with Crippen molar-refractivity contribution in [3.05, 3.63) is 48.0 Å². The highest BCUT2D eigenvalue weighted by atomic mass is 16.5. The van der Waals surface area contributed by atoms with Gasteiger partial charge in [-0.15, -0.1) is 0 Å². The molecule has 0 atom stereocenters. The molecule has 0 unspecified atom stereocenters. The van der Waals surface area contributed by atoms with Crippen molar-refractivity contribution in [2.24, 2.45) is 4.99 Å². The maximum atomic E-state index is 5.54. The molecule has 0 spiro atoms. The van der Waals surface area contributed by atoms with Crippen molar-refractivity contribution in [3.63, 3.8) is 0 Å². The van der Waals surface area contributed by atoms with E-state index in [1.165, 1.54) is 5.69 Å². The SMILES string of the molecule is CN=C(NCc1c(OC)cc(OC)cc1OC)N1CCN(c2ccccc2)CC1. The van der Waals surface area contributed by atoms with Crippen molar-refractivity contribution < 1.29 is 14.2 Å². The van der Waals surface area contributed by atoms with Crippen LogP contribution >= 0.6 is 0 Å². The van der Waals surface area contributed by atoms with Gasteiger partial charge in [-0.05, 0) is 12.1 Å². The molecule has 1 heterocycles. The molecule has 1 saturated heterocycles. The van der Waals surface area contributed by atoms with Crippen LogP contribution in [-0.4, -0.2) is 65.4 Å². The number of nitrogens with zero attached hydrogens (tertiary/aromatic N) is 3. The third kappa shape index (κ3) is 4.85. The van der Waals surface area contributed by atoms with Crippen LogP contribution in [0.3, 0.4) is 0 Å². The van der Waals surface area contributed by atoms with E-state index in [2.05, 4.69) is 44.4 Å². The van der Waals surface area contributed by atoms with Gasteiger partial charge in [-0.2, -0.15) is 0 Å². The largest absolute Gasteiger partial charge is 0.496 e. The van der Waals surface area contributed by atoms with Gasteiger partial charge in [-0.25, -0.2) is 0 Å². The maximum absolute atomic E-state index is 5.54. The highest BCUT2D eigenvalue weighted by molar-refractivity contribution is 5.80. The summed E-state index contributed by atoms with van der Waals surface area (Å²) in [5.74, 6) is 3.01. The predicted octanol–water partition coefficient (Wildman–Crippen LogP) is 2.61. The lowest BCUT2D eigenvalue weighted by Crippen LogP contribution is -2.52. The number of nitrogens with one attached hydrogen (secondary N) is 1. The van der Waals surface area contributed by atoms with Crippen LogP contribution in [0.15, 0.2) is 47.5 Å². The first-order valence-electron chi connectivity index (χ1n) is 9.74. The molecule has 2 aromatic rings. The summed E-state index contributed by atoms with van der Waals surface area (Å²) in [7, 11) is 6.74. The Morgan fingerprint density at radius 2 is 1.55 bits per heavy atom. The average Bonchev–Trinajstić information content (AvgIpc) is 2.80. The minimum atomic E-state index is 0.544. The molecule has 1 fully saturated rings. The van der Waals surface area contributed by atoms with Crippen LogP contribution in [0.1, 0.15) is 5.56 Å². The Hall–Kier alpha value is -3.09. The lowest BCUT2D eigenvalue weighted by molar-refractivity contribution is 0.361. The van der Waals surface area contributed by atoms with Gasteiger partial charge in [0.15, 0.2) is 5.96 Å². The van der Waals surface area contributed by atoms with E-state index in [1.807, 2.05) is 25.2 Å². The molecule has 29 heavy (non-hydrogen) atoms. The summed E-state index contributed by atoms with van der Waals surface area (Å²) in [6.45, 7) is 4.28. The van der Waals surface area contributed by atoms with Crippen LogP contribution < -0.4 is 24.4 Å². The molecule has 1 N–H and O–H groups in total. The molecule has 0 aliphatic carbocycles. The molecule has 1 aliphatic heterocycles. The number of aliphatic imine (C=N–C) groups is 1. The van der Waals surface area contributed by atoms with Crippen LogP contribution in [0.4, 0.5) is 5.69 Å².